The number of aromatic nitrogens is 1. The lowest BCUT2D eigenvalue weighted by Gasteiger charge is -2.34. The Morgan fingerprint density at radius 3 is 2.10 bits per heavy atom. The van der Waals surface area contributed by atoms with Gasteiger partial charge in [-0.3, -0.25) is 9.78 Å². The normalized spacial score (nSPS) is 20.0. The van der Waals surface area contributed by atoms with E-state index in [0.29, 0.717) is 23.7 Å². The summed E-state index contributed by atoms with van der Waals surface area (Å²) >= 11 is 5.79. The Balaban J connectivity index is 1.81. The van der Waals surface area contributed by atoms with E-state index in [2.05, 4.69) is 9.88 Å². The van der Waals surface area contributed by atoms with Gasteiger partial charge in [0.2, 0.25) is 0 Å². The van der Waals surface area contributed by atoms with E-state index < -0.39 is 0 Å². The molecule has 0 bridgehead atoms. The predicted octanol–water partition coefficient (Wildman–Crippen LogP) is 4.15. The third kappa shape index (κ3) is 3.23. The number of halogens is 1. The van der Waals surface area contributed by atoms with E-state index in [-0.39, 0.29) is 5.91 Å². The molecule has 0 unspecified atom stereocenters. The second-order valence-corrected chi connectivity index (χ2v) is 6.54. The summed E-state index contributed by atoms with van der Waals surface area (Å²) in [4.78, 5) is 19.5. The zero-order chi connectivity index (χ0) is 14.7. The van der Waals surface area contributed by atoms with Crippen molar-refractivity contribution in [3.05, 3.63) is 29.6 Å². The molecular weight excluding hydrogens is 284 g/mol. The predicted molar refractivity (Wildman–Crippen MR) is 84.5 cm³/mol. The largest absolute Gasteiger partial charge is 0.331 e. The minimum Gasteiger partial charge on any atom is -0.331 e. The Morgan fingerprint density at radius 2 is 1.67 bits per heavy atom. The fourth-order valence-corrected chi connectivity index (χ4v) is 3.92. The van der Waals surface area contributed by atoms with Crippen LogP contribution in [0.4, 0.5) is 0 Å². The highest BCUT2D eigenvalue weighted by Crippen LogP contribution is 2.32. The van der Waals surface area contributed by atoms with Gasteiger partial charge < -0.3 is 4.90 Å². The first-order valence-corrected chi connectivity index (χ1v) is 8.66. The molecule has 0 radical (unpaired) electrons. The Kier molecular flexibility index (Phi) is 4.79. The van der Waals surface area contributed by atoms with Crippen LogP contribution in [0.1, 0.15) is 67.4 Å². The molecule has 1 heterocycles. The van der Waals surface area contributed by atoms with Gasteiger partial charge in [-0.1, -0.05) is 31.7 Å². The highest BCUT2D eigenvalue weighted by Gasteiger charge is 2.34. The van der Waals surface area contributed by atoms with Gasteiger partial charge in [0.15, 0.2) is 0 Å². The summed E-state index contributed by atoms with van der Waals surface area (Å²) in [5.41, 5.74) is 1.53. The minimum atomic E-state index is 0.120. The third-order valence-electron chi connectivity index (χ3n) is 4.87. The maximum atomic E-state index is 12.9. The van der Waals surface area contributed by atoms with Crippen LogP contribution < -0.4 is 0 Å². The molecule has 4 heteroatoms. The van der Waals surface area contributed by atoms with E-state index in [0.717, 1.165) is 31.2 Å². The smallest absolute Gasteiger partial charge is 0.272 e. The van der Waals surface area contributed by atoms with Crippen LogP contribution in [-0.2, 0) is 5.88 Å². The summed E-state index contributed by atoms with van der Waals surface area (Å²) in [6, 6.07) is 4.59. The first kappa shape index (κ1) is 14.8. The zero-order valence-corrected chi connectivity index (χ0v) is 13.2. The van der Waals surface area contributed by atoms with Gasteiger partial charge in [0.1, 0.15) is 5.69 Å². The first-order valence-electron chi connectivity index (χ1n) is 8.13. The maximum Gasteiger partial charge on any atom is 0.272 e. The monoisotopic (exact) mass is 306 g/mol. The Bertz CT molecular complexity index is 460. The number of hydrogen-bond donors (Lipinski definition) is 0. The van der Waals surface area contributed by atoms with Crippen LogP contribution in [0.3, 0.4) is 0 Å². The molecule has 0 N–H and O–H groups in total. The van der Waals surface area contributed by atoms with Crippen molar-refractivity contribution in [2.45, 2.75) is 69.3 Å². The molecule has 2 fully saturated rings. The lowest BCUT2D eigenvalue weighted by molar-refractivity contribution is 0.0574. The first-order chi connectivity index (χ1) is 10.3. The van der Waals surface area contributed by atoms with Gasteiger partial charge in [-0.05, 0) is 37.3 Å². The van der Waals surface area contributed by atoms with Crippen molar-refractivity contribution in [2.75, 3.05) is 0 Å². The quantitative estimate of drug-likeness (QED) is 0.783. The number of amides is 1. The number of pyridine rings is 1. The summed E-state index contributed by atoms with van der Waals surface area (Å²) in [5, 5.41) is 0. The van der Waals surface area contributed by atoms with Crippen LogP contribution in [0.2, 0.25) is 0 Å². The average Bonchev–Trinajstić information content (AvgIpc) is 3.21. The van der Waals surface area contributed by atoms with Gasteiger partial charge in [-0.25, -0.2) is 0 Å². The van der Waals surface area contributed by atoms with Crippen LogP contribution in [-0.4, -0.2) is 27.9 Å². The summed E-state index contributed by atoms with van der Waals surface area (Å²) in [6.45, 7) is 0. The maximum absolute atomic E-state index is 12.9. The van der Waals surface area contributed by atoms with Crippen LogP contribution in [0.15, 0.2) is 18.3 Å². The number of alkyl halides is 1. The van der Waals surface area contributed by atoms with Gasteiger partial charge in [-0.2, -0.15) is 0 Å². The molecule has 3 rings (SSSR count). The minimum absolute atomic E-state index is 0.120. The third-order valence-corrected chi connectivity index (χ3v) is 5.18. The summed E-state index contributed by atoms with van der Waals surface area (Å²) in [5.74, 6) is 0.561. The molecule has 2 aliphatic carbocycles. The van der Waals surface area contributed by atoms with Gasteiger partial charge >= 0.3 is 0 Å². The molecule has 0 atom stereocenters. The molecule has 21 heavy (non-hydrogen) atoms. The van der Waals surface area contributed by atoms with Crippen LogP contribution in [0, 0.1) is 0 Å². The molecule has 2 saturated carbocycles. The van der Waals surface area contributed by atoms with Crippen molar-refractivity contribution in [3.8, 4) is 0 Å². The highest BCUT2D eigenvalue weighted by atomic mass is 35.5. The molecule has 1 aromatic rings. The second-order valence-electron chi connectivity index (χ2n) is 6.27. The Hall–Kier alpha value is -1.09. The molecule has 0 aliphatic heterocycles. The fourth-order valence-electron chi connectivity index (χ4n) is 3.76. The molecule has 114 valence electrons. The molecule has 0 aromatic carbocycles. The Labute approximate surface area is 131 Å². The standard InChI is InChI=1S/C17H23ClN2O/c18-11-13-9-10-16(19-12-13)17(21)20(14-5-1-2-6-14)15-7-3-4-8-15/h9-10,12,14-15H,1-8,11H2. The van der Waals surface area contributed by atoms with E-state index in [1.54, 1.807) is 6.20 Å². The van der Waals surface area contributed by atoms with Crippen LogP contribution in [0.25, 0.3) is 0 Å². The van der Waals surface area contributed by atoms with E-state index in [4.69, 9.17) is 11.6 Å². The topological polar surface area (TPSA) is 33.2 Å². The number of nitrogens with zero attached hydrogens (tertiary/aromatic N) is 2. The SMILES string of the molecule is O=C(c1ccc(CCl)cn1)N(C1CCCC1)C1CCCC1. The number of carbonyl (C=O) groups is 1. The van der Waals surface area contributed by atoms with E-state index in [9.17, 15) is 4.79 Å². The molecule has 3 nitrogen and oxygen atoms in total. The van der Waals surface area contributed by atoms with Crippen molar-refractivity contribution >= 4 is 17.5 Å². The van der Waals surface area contributed by atoms with E-state index in [1.807, 2.05) is 12.1 Å². The fraction of sp³-hybridized carbons (Fsp3) is 0.647. The molecule has 2 aliphatic rings. The number of hydrogen-bond acceptors (Lipinski definition) is 2. The van der Waals surface area contributed by atoms with Crippen LogP contribution in [0.5, 0.6) is 0 Å². The number of rotatable bonds is 4. The summed E-state index contributed by atoms with van der Waals surface area (Å²) in [6.07, 6.45) is 11.3. The van der Waals surface area contributed by atoms with Gasteiger partial charge in [-0.15, -0.1) is 11.6 Å². The molecule has 0 spiro atoms. The van der Waals surface area contributed by atoms with Crippen molar-refractivity contribution in [2.24, 2.45) is 0 Å². The second kappa shape index (κ2) is 6.78. The van der Waals surface area contributed by atoms with Gasteiger partial charge in [0.05, 0.1) is 0 Å². The lowest BCUT2D eigenvalue weighted by Crippen LogP contribution is -2.45. The molecule has 1 aromatic heterocycles. The van der Waals surface area contributed by atoms with Gasteiger partial charge in [0.25, 0.3) is 5.91 Å². The summed E-state index contributed by atoms with van der Waals surface area (Å²) in [7, 11) is 0. The van der Waals surface area contributed by atoms with Crippen molar-refractivity contribution < 1.29 is 4.79 Å². The van der Waals surface area contributed by atoms with Gasteiger partial charge in [0, 0.05) is 24.2 Å². The van der Waals surface area contributed by atoms with Crippen LogP contribution >= 0.6 is 11.6 Å². The molecular formula is C17H23ClN2O. The molecule has 1 amide bonds. The summed E-state index contributed by atoms with van der Waals surface area (Å²) < 4.78 is 0. The number of carbonyl (C=O) groups excluding carboxylic acids is 1. The van der Waals surface area contributed by atoms with Crippen molar-refractivity contribution in [1.29, 1.82) is 0 Å². The Morgan fingerprint density at radius 1 is 1.10 bits per heavy atom. The lowest BCUT2D eigenvalue weighted by atomic mass is 10.1. The average molecular weight is 307 g/mol. The van der Waals surface area contributed by atoms with E-state index >= 15 is 0 Å². The highest BCUT2D eigenvalue weighted by molar-refractivity contribution is 6.17. The van der Waals surface area contributed by atoms with Crippen molar-refractivity contribution in [3.63, 3.8) is 0 Å². The van der Waals surface area contributed by atoms with Crippen molar-refractivity contribution in [1.82, 2.24) is 9.88 Å². The molecule has 0 saturated heterocycles. The van der Waals surface area contributed by atoms with E-state index in [1.165, 1.54) is 25.7 Å². The zero-order valence-electron chi connectivity index (χ0n) is 12.4.